The van der Waals surface area contributed by atoms with E-state index in [9.17, 15) is 9.59 Å². The van der Waals surface area contributed by atoms with Crippen molar-refractivity contribution in [1.82, 2.24) is 0 Å². The smallest absolute Gasteiger partial charge is 0.229 e. The second kappa shape index (κ2) is 7.22. The fourth-order valence-electron chi connectivity index (χ4n) is 2.77. The number of hydrogen-bond donors (Lipinski definition) is 3. The van der Waals surface area contributed by atoms with Crippen LogP contribution in [0.4, 0.5) is 11.4 Å². The molecule has 0 radical (unpaired) electrons. The highest BCUT2D eigenvalue weighted by atomic mass is 16.2. The van der Waals surface area contributed by atoms with Gasteiger partial charge in [0, 0.05) is 24.3 Å². The number of carbonyl (C=O) groups is 2. The summed E-state index contributed by atoms with van der Waals surface area (Å²) in [7, 11) is 0. The van der Waals surface area contributed by atoms with Crippen molar-refractivity contribution in [1.29, 1.82) is 0 Å². The summed E-state index contributed by atoms with van der Waals surface area (Å²) in [6.07, 6.45) is 5.05. The topological polar surface area (TPSA) is 84.2 Å². The molecule has 2 rings (SSSR count). The lowest BCUT2D eigenvalue weighted by Crippen LogP contribution is -2.37. The number of anilines is 2. The monoisotopic (exact) mass is 289 g/mol. The van der Waals surface area contributed by atoms with Crippen LogP contribution >= 0.6 is 0 Å². The standard InChI is InChI=1S/C16H23N3O2/c1-11(20)18-12-6-5-7-13(10-12)19-16(21)14-8-3-2-4-9-15(14)17/h5-7,10,14-15H,2-4,8-9,17H2,1H3,(H,18,20)(H,19,21). The molecule has 0 saturated heterocycles. The van der Waals surface area contributed by atoms with Gasteiger partial charge in [-0.05, 0) is 31.0 Å². The van der Waals surface area contributed by atoms with Crippen LogP contribution in [-0.2, 0) is 9.59 Å². The van der Waals surface area contributed by atoms with Gasteiger partial charge in [-0.1, -0.05) is 25.3 Å². The average molecular weight is 289 g/mol. The van der Waals surface area contributed by atoms with Crippen LogP contribution in [0.1, 0.15) is 39.0 Å². The fourth-order valence-corrected chi connectivity index (χ4v) is 2.77. The van der Waals surface area contributed by atoms with Gasteiger partial charge in [0.25, 0.3) is 0 Å². The van der Waals surface area contributed by atoms with Crippen LogP contribution in [0.3, 0.4) is 0 Å². The summed E-state index contributed by atoms with van der Waals surface area (Å²) in [4.78, 5) is 23.4. The highest BCUT2D eigenvalue weighted by molar-refractivity contribution is 5.94. The van der Waals surface area contributed by atoms with E-state index >= 15 is 0 Å². The lowest BCUT2D eigenvalue weighted by molar-refractivity contribution is -0.120. The highest BCUT2D eigenvalue weighted by Crippen LogP contribution is 2.24. The number of rotatable bonds is 3. The third-order valence-corrected chi connectivity index (χ3v) is 3.86. The van der Waals surface area contributed by atoms with E-state index in [1.54, 1.807) is 18.2 Å². The molecule has 0 heterocycles. The Kier molecular flexibility index (Phi) is 5.33. The van der Waals surface area contributed by atoms with Crippen LogP contribution in [0.5, 0.6) is 0 Å². The predicted molar refractivity (Wildman–Crippen MR) is 83.9 cm³/mol. The first kappa shape index (κ1) is 15.5. The molecular weight excluding hydrogens is 266 g/mol. The molecule has 2 amide bonds. The Hall–Kier alpha value is -1.88. The Morgan fingerprint density at radius 2 is 1.76 bits per heavy atom. The van der Waals surface area contributed by atoms with Gasteiger partial charge in [-0.15, -0.1) is 0 Å². The Labute approximate surface area is 125 Å². The molecule has 0 aromatic heterocycles. The molecular formula is C16H23N3O2. The molecule has 1 aliphatic carbocycles. The molecule has 1 aromatic rings. The maximum absolute atomic E-state index is 12.4. The summed E-state index contributed by atoms with van der Waals surface area (Å²) in [5.74, 6) is -0.287. The van der Waals surface area contributed by atoms with E-state index in [0.29, 0.717) is 11.4 Å². The molecule has 4 N–H and O–H groups in total. The molecule has 1 aliphatic rings. The SMILES string of the molecule is CC(=O)Nc1cccc(NC(=O)C2CCCCCC2N)c1. The zero-order chi connectivity index (χ0) is 15.2. The molecule has 0 spiro atoms. The van der Waals surface area contributed by atoms with Crippen LogP contribution in [0.2, 0.25) is 0 Å². The number of nitrogens with two attached hydrogens (primary N) is 1. The Bertz CT molecular complexity index is 516. The van der Waals surface area contributed by atoms with Gasteiger partial charge < -0.3 is 16.4 Å². The van der Waals surface area contributed by atoms with E-state index in [4.69, 9.17) is 5.73 Å². The molecule has 2 atom stereocenters. The second-order valence-electron chi connectivity index (χ2n) is 5.66. The average Bonchev–Trinajstić information content (AvgIpc) is 2.63. The van der Waals surface area contributed by atoms with Crippen molar-refractivity contribution >= 4 is 23.2 Å². The van der Waals surface area contributed by atoms with Crippen LogP contribution in [-0.4, -0.2) is 17.9 Å². The van der Waals surface area contributed by atoms with Gasteiger partial charge in [-0.2, -0.15) is 0 Å². The van der Waals surface area contributed by atoms with Crippen LogP contribution in [0, 0.1) is 5.92 Å². The van der Waals surface area contributed by atoms with Crippen molar-refractivity contribution in [3.63, 3.8) is 0 Å². The molecule has 2 unspecified atom stereocenters. The first-order chi connectivity index (χ1) is 10.1. The van der Waals surface area contributed by atoms with Crippen LogP contribution in [0.25, 0.3) is 0 Å². The van der Waals surface area contributed by atoms with E-state index < -0.39 is 0 Å². The first-order valence-corrected chi connectivity index (χ1v) is 7.50. The van der Waals surface area contributed by atoms with E-state index in [1.165, 1.54) is 6.92 Å². The zero-order valence-corrected chi connectivity index (χ0v) is 12.4. The summed E-state index contributed by atoms with van der Waals surface area (Å²) in [6, 6.07) is 7.08. The number of carbonyl (C=O) groups excluding carboxylic acids is 2. The van der Waals surface area contributed by atoms with Crippen molar-refractivity contribution in [2.75, 3.05) is 10.6 Å². The van der Waals surface area contributed by atoms with Gasteiger partial charge in [0.05, 0.1) is 5.92 Å². The summed E-state index contributed by atoms with van der Waals surface area (Å²) < 4.78 is 0. The molecule has 1 saturated carbocycles. The minimum Gasteiger partial charge on any atom is -0.327 e. The van der Waals surface area contributed by atoms with Crippen LogP contribution < -0.4 is 16.4 Å². The maximum Gasteiger partial charge on any atom is 0.229 e. The molecule has 1 fully saturated rings. The van der Waals surface area contributed by atoms with Gasteiger partial charge in [0.15, 0.2) is 0 Å². The van der Waals surface area contributed by atoms with E-state index in [2.05, 4.69) is 10.6 Å². The van der Waals surface area contributed by atoms with Crippen molar-refractivity contribution < 1.29 is 9.59 Å². The minimum atomic E-state index is -0.135. The number of amides is 2. The third kappa shape index (κ3) is 4.56. The number of hydrogen-bond acceptors (Lipinski definition) is 3. The van der Waals surface area contributed by atoms with Gasteiger partial charge in [-0.3, -0.25) is 9.59 Å². The van der Waals surface area contributed by atoms with Gasteiger partial charge in [0.2, 0.25) is 11.8 Å². The fraction of sp³-hybridized carbons (Fsp3) is 0.500. The first-order valence-electron chi connectivity index (χ1n) is 7.50. The molecule has 5 heteroatoms. The Morgan fingerprint density at radius 1 is 1.10 bits per heavy atom. The minimum absolute atomic E-state index is 0.0237. The van der Waals surface area contributed by atoms with E-state index in [0.717, 1.165) is 32.1 Å². The van der Waals surface area contributed by atoms with Crippen molar-refractivity contribution in [2.45, 2.75) is 45.1 Å². The van der Waals surface area contributed by atoms with Crippen molar-refractivity contribution in [2.24, 2.45) is 11.7 Å². The van der Waals surface area contributed by atoms with Gasteiger partial charge in [0.1, 0.15) is 0 Å². The molecule has 0 aliphatic heterocycles. The molecule has 1 aromatic carbocycles. The maximum atomic E-state index is 12.4. The van der Waals surface area contributed by atoms with Gasteiger partial charge in [-0.25, -0.2) is 0 Å². The Balaban J connectivity index is 2.02. The largest absolute Gasteiger partial charge is 0.327 e. The number of benzene rings is 1. The Morgan fingerprint density at radius 3 is 2.48 bits per heavy atom. The van der Waals surface area contributed by atoms with E-state index in [-0.39, 0.29) is 23.8 Å². The summed E-state index contributed by atoms with van der Waals surface area (Å²) >= 11 is 0. The lowest BCUT2D eigenvalue weighted by Gasteiger charge is -2.20. The van der Waals surface area contributed by atoms with Crippen molar-refractivity contribution in [3.8, 4) is 0 Å². The number of nitrogens with one attached hydrogen (secondary N) is 2. The zero-order valence-electron chi connectivity index (χ0n) is 12.4. The molecule has 21 heavy (non-hydrogen) atoms. The predicted octanol–water partition coefficient (Wildman–Crippen LogP) is 2.49. The van der Waals surface area contributed by atoms with Gasteiger partial charge >= 0.3 is 0 Å². The summed E-state index contributed by atoms with van der Waals surface area (Å²) in [6.45, 7) is 1.45. The quantitative estimate of drug-likeness (QED) is 0.747. The summed E-state index contributed by atoms with van der Waals surface area (Å²) in [5, 5.41) is 5.62. The normalized spacial score (nSPS) is 22.2. The highest BCUT2D eigenvalue weighted by Gasteiger charge is 2.26. The lowest BCUT2D eigenvalue weighted by atomic mass is 9.94. The van der Waals surface area contributed by atoms with Crippen LogP contribution in [0.15, 0.2) is 24.3 Å². The summed E-state index contributed by atoms with van der Waals surface area (Å²) in [5.41, 5.74) is 7.47. The molecule has 5 nitrogen and oxygen atoms in total. The second-order valence-corrected chi connectivity index (χ2v) is 5.66. The molecule has 0 bridgehead atoms. The van der Waals surface area contributed by atoms with Crippen molar-refractivity contribution in [3.05, 3.63) is 24.3 Å². The third-order valence-electron chi connectivity index (χ3n) is 3.86. The van der Waals surface area contributed by atoms with E-state index in [1.807, 2.05) is 6.07 Å². The molecule has 114 valence electrons.